The summed E-state index contributed by atoms with van der Waals surface area (Å²) in [6.45, 7) is 0.445. The highest BCUT2D eigenvalue weighted by Crippen LogP contribution is 2.26. The first-order chi connectivity index (χ1) is 15.7. The topological polar surface area (TPSA) is 58.2 Å². The Morgan fingerprint density at radius 3 is 1.81 bits per heavy atom. The van der Waals surface area contributed by atoms with Crippen molar-refractivity contribution in [2.75, 3.05) is 5.32 Å². The van der Waals surface area contributed by atoms with Crippen molar-refractivity contribution in [1.82, 2.24) is 5.32 Å². The zero-order valence-corrected chi connectivity index (χ0v) is 17.6. The predicted octanol–water partition coefficient (Wildman–Crippen LogP) is 5.39. The summed E-state index contributed by atoms with van der Waals surface area (Å²) in [7, 11) is 0. The molecule has 0 unspecified atom stereocenters. The number of benzene rings is 4. The standard InChI is InChI=1S/C28H24N2O2/c31-27(29-20-21-11-4-1-5-12-21)24-17-10-18-25(19-24)30-28(32)26(22-13-6-2-7-14-22)23-15-8-3-9-16-23/h1-19,26H,20H2,(H,29,31)(H,30,32). The molecule has 0 aliphatic heterocycles. The zero-order valence-electron chi connectivity index (χ0n) is 17.6. The van der Waals surface area contributed by atoms with Crippen LogP contribution in [-0.2, 0) is 11.3 Å². The first kappa shape index (κ1) is 21.1. The molecule has 2 N–H and O–H groups in total. The van der Waals surface area contributed by atoms with Crippen LogP contribution >= 0.6 is 0 Å². The Balaban J connectivity index is 1.50. The molecule has 0 saturated carbocycles. The van der Waals surface area contributed by atoms with Crippen molar-refractivity contribution in [3.63, 3.8) is 0 Å². The number of nitrogens with one attached hydrogen (secondary N) is 2. The van der Waals surface area contributed by atoms with E-state index < -0.39 is 5.92 Å². The average Bonchev–Trinajstić information content (AvgIpc) is 2.85. The smallest absolute Gasteiger partial charge is 0.251 e. The van der Waals surface area contributed by atoms with Gasteiger partial charge in [0.15, 0.2) is 0 Å². The van der Waals surface area contributed by atoms with E-state index in [-0.39, 0.29) is 11.8 Å². The van der Waals surface area contributed by atoms with Crippen LogP contribution in [0.5, 0.6) is 0 Å². The van der Waals surface area contributed by atoms with Gasteiger partial charge >= 0.3 is 0 Å². The Labute approximate surface area is 187 Å². The third kappa shape index (κ3) is 5.29. The predicted molar refractivity (Wildman–Crippen MR) is 127 cm³/mol. The van der Waals surface area contributed by atoms with Gasteiger partial charge in [0, 0.05) is 17.8 Å². The first-order valence-corrected chi connectivity index (χ1v) is 10.5. The molecular weight excluding hydrogens is 396 g/mol. The van der Waals surface area contributed by atoms with Gasteiger partial charge in [-0.1, -0.05) is 97.1 Å². The van der Waals surface area contributed by atoms with E-state index in [2.05, 4.69) is 10.6 Å². The maximum absolute atomic E-state index is 13.3. The molecule has 4 aromatic rings. The second-order valence-corrected chi connectivity index (χ2v) is 7.49. The van der Waals surface area contributed by atoms with E-state index in [1.807, 2.05) is 91.0 Å². The van der Waals surface area contributed by atoms with Crippen LogP contribution in [-0.4, -0.2) is 11.8 Å². The third-order valence-electron chi connectivity index (χ3n) is 5.22. The molecule has 4 nitrogen and oxygen atoms in total. The maximum Gasteiger partial charge on any atom is 0.251 e. The Morgan fingerprint density at radius 2 is 1.22 bits per heavy atom. The Hall–Kier alpha value is -4.18. The molecule has 0 saturated heterocycles. The fourth-order valence-corrected chi connectivity index (χ4v) is 3.62. The highest BCUT2D eigenvalue weighted by molar-refractivity contribution is 6.00. The molecule has 0 aromatic heterocycles. The molecule has 4 heteroatoms. The molecule has 32 heavy (non-hydrogen) atoms. The van der Waals surface area contributed by atoms with Gasteiger partial charge in [-0.05, 0) is 34.9 Å². The molecule has 0 fully saturated rings. The molecule has 158 valence electrons. The van der Waals surface area contributed by atoms with Crippen molar-refractivity contribution in [3.05, 3.63) is 138 Å². The summed E-state index contributed by atoms with van der Waals surface area (Å²) in [5.74, 6) is -0.787. The van der Waals surface area contributed by atoms with E-state index in [1.165, 1.54) is 0 Å². The summed E-state index contributed by atoms with van der Waals surface area (Å²) in [6, 6.07) is 36.1. The Morgan fingerprint density at radius 1 is 0.656 bits per heavy atom. The molecule has 4 aromatic carbocycles. The largest absolute Gasteiger partial charge is 0.348 e. The summed E-state index contributed by atoms with van der Waals surface area (Å²) < 4.78 is 0. The molecule has 0 aliphatic rings. The van der Waals surface area contributed by atoms with E-state index in [0.29, 0.717) is 17.8 Å². The minimum atomic E-state index is -0.451. The van der Waals surface area contributed by atoms with Crippen LogP contribution in [0.15, 0.2) is 115 Å². The van der Waals surface area contributed by atoms with Crippen molar-refractivity contribution in [3.8, 4) is 0 Å². The van der Waals surface area contributed by atoms with Crippen molar-refractivity contribution in [2.24, 2.45) is 0 Å². The lowest BCUT2D eigenvalue weighted by molar-refractivity contribution is -0.116. The lowest BCUT2D eigenvalue weighted by Crippen LogP contribution is -2.24. The monoisotopic (exact) mass is 420 g/mol. The molecule has 0 spiro atoms. The van der Waals surface area contributed by atoms with Gasteiger partial charge in [-0.3, -0.25) is 9.59 Å². The van der Waals surface area contributed by atoms with Gasteiger partial charge in [0.05, 0.1) is 5.92 Å². The van der Waals surface area contributed by atoms with Crippen molar-refractivity contribution >= 4 is 17.5 Å². The van der Waals surface area contributed by atoms with Gasteiger partial charge in [0.2, 0.25) is 5.91 Å². The van der Waals surface area contributed by atoms with Gasteiger partial charge in [-0.2, -0.15) is 0 Å². The van der Waals surface area contributed by atoms with Crippen molar-refractivity contribution in [1.29, 1.82) is 0 Å². The number of amides is 2. The molecule has 4 rings (SSSR count). The molecular formula is C28H24N2O2. The normalized spacial score (nSPS) is 10.5. The lowest BCUT2D eigenvalue weighted by Gasteiger charge is -2.18. The van der Waals surface area contributed by atoms with Gasteiger partial charge in [-0.15, -0.1) is 0 Å². The second kappa shape index (κ2) is 10.2. The van der Waals surface area contributed by atoms with Gasteiger partial charge in [0.1, 0.15) is 0 Å². The minimum Gasteiger partial charge on any atom is -0.348 e. The van der Waals surface area contributed by atoms with E-state index in [0.717, 1.165) is 16.7 Å². The number of carbonyl (C=O) groups excluding carboxylic acids is 2. The lowest BCUT2D eigenvalue weighted by atomic mass is 9.90. The fraction of sp³-hybridized carbons (Fsp3) is 0.0714. The first-order valence-electron chi connectivity index (χ1n) is 10.5. The summed E-state index contributed by atoms with van der Waals surface area (Å²) in [6.07, 6.45) is 0. The molecule has 0 aliphatic carbocycles. The summed E-state index contributed by atoms with van der Waals surface area (Å²) >= 11 is 0. The molecule has 0 atom stereocenters. The van der Waals surface area contributed by atoms with E-state index in [9.17, 15) is 9.59 Å². The van der Waals surface area contributed by atoms with E-state index >= 15 is 0 Å². The van der Waals surface area contributed by atoms with Crippen LogP contribution in [0.3, 0.4) is 0 Å². The third-order valence-corrected chi connectivity index (χ3v) is 5.22. The molecule has 0 heterocycles. The zero-order chi connectivity index (χ0) is 22.2. The van der Waals surface area contributed by atoms with Crippen molar-refractivity contribution in [2.45, 2.75) is 12.5 Å². The number of anilines is 1. The van der Waals surface area contributed by atoms with Gasteiger partial charge in [0.25, 0.3) is 5.91 Å². The SMILES string of the molecule is O=C(NCc1ccccc1)c1cccc(NC(=O)C(c2ccccc2)c2ccccc2)c1. The van der Waals surface area contributed by atoms with Crippen LogP contribution in [0, 0.1) is 0 Å². The second-order valence-electron chi connectivity index (χ2n) is 7.49. The molecule has 2 amide bonds. The summed E-state index contributed by atoms with van der Waals surface area (Å²) in [5.41, 5.74) is 3.92. The van der Waals surface area contributed by atoms with E-state index in [1.54, 1.807) is 24.3 Å². The van der Waals surface area contributed by atoms with Crippen LogP contribution in [0.25, 0.3) is 0 Å². The number of hydrogen-bond donors (Lipinski definition) is 2. The maximum atomic E-state index is 13.3. The van der Waals surface area contributed by atoms with Gasteiger partial charge in [-0.25, -0.2) is 0 Å². The Kier molecular flexibility index (Phi) is 6.73. The van der Waals surface area contributed by atoms with Crippen LogP contribution in [0.2, 0.25) is 0 Å². The fourth-order valence-electron chi connectivity index (χ4n) is 3.62. The Bertz CT molecular complexity index is 1140. The van der Waals surface area contributed by atoms with Crippen LogP contribution < -0.4 is 10.6 Å². The number of carbonyl (C=O) groups is 2. The highest BCUT2D eigenvalue weighted by atomic mass is 16.2. The summed E-state index contributed by atoms with van der Waals surface area (Å²) in [5, 5.41) is 5.91. The number of hydrogen-bond acceptors (Lipinski definition) is 2. The summed E-state index contributed by atoms with van der Waals surface area (Å²) in [4.78, 5) is 25.9. The van der Waals surface area contributed by atoms with Crippen LogP contribution in [0.1, 0.15) is 33.0 Å². The quantitative estimate of drug-likeness (QED) is 0.421. The average molecular weight is 421 g/mol. The van der Waals surface area contributed by atoms with Gasteiger partial charge < -0.3 is 10.6 Å². The van der Waals surface area contributed by atoms with Crippen molar-refractivity contribution < 1.29 is 9.59 Å². The van der Waals surface area contributed by atoms with Crippen LogP contribution in [0.4, 0.5) is 5.69 Å². The van der Waals surface area contributed by atoms with E-state index in [4.69, 9.17) is 0 Å². The molecule has 0 radical (unpaired) electrons. The highest BCUT2D eigenvalue weighted by Gasteiger charge is 2.22. The minimum absolute atomic E-state index is 0.149. The number of rotatable bonds is 7. The molecule has 0 bridgehead atoms.